The van der Waals surface area contributed by atoms with Crippen LogP contribution in [0.2, 0.25) is 6.82 Å². The van der Waals surface area contributed by atoms with Crippen LogP contribution in [0.15, 0.2) is 0 Å². The van der Waals surface area contributed by atoms with E-state index in [4.69, 9.17) is 28.3 Å². The first-order chi connectivity index (χ1) is 13.5. The molecule has 3 fully saturated rings. The standard InChI is InChI=1S/C20H38BO7P.Ac/c1-8-13-18(17(28-21(7)29)10(2)12(4)24-13)26-19-15(22)11(3)16-14(25-19)9-23-20(5,6)27-16;/h10-19,22H,8-9,29H2,1-7H3;/t10?,11?,12-,13?,14-,15?,16-,17+,18-,19+;/m0./s1. The molecule has 5 unspecified atom stereocenters. The molecule has 0 aromatic rings. The van der Waals surface area contributed by atoms with E-state index in [9.17, 15) is 5.11 Å². The van der Waals surface area contributed by atoms with Gasteiger partial charge in [-0.2, -0.15) is 0 Å². The average molecular weight is 659 g/mol. The summed E-state index contributed by atoms with van der Waals surface area (Å²) in [5, 5.41) is 11.0. The fourth-order valence-corrected chi connectivity index (χ4v) is 4.72. The van der Waals surface area contributed by atoms with Crippen molar-refractivity contribution in [2.75, 3.05) is 6.61 Å². The van der Waals surface area contributed by atoms with Crippen molar-refractivity contribution in [2.24, 2.45) is 11.8 Å². The van der Waals surface area contributed by atoms with Gasteiger partial charge in [0.15, 0.2) is 12.1 Å². The molecular weight excluding hydrogens is 621 g/mol. The molecular formula is C20H38AcBO7P. The zero-order chi connectivity index (χ0) is 21.5. The van der Waals surface area contributed by atoms with Crippen LogP contribution < -0.4 is 0 Å². The van der Waals surface area contributed by atoms with E-state index in [0.717, 1.165) is 6.42 Å². The maximum atomic E-state index is 11.0. The van der Waals surface area contributed by atoms with Crippen molar-refractivity contribution in [2.45, 2.75) is 110 Å². The van der Waals surface area contributed by atoms with Gasteiger partial charge in [0.25, 0.3) is 0 Å². The Labute approximate surface area is 219 Å². The Kier molecular flexibility index (Phi) is 10.6. The summed E-state index contributed by atoms with van der Waals surface area (Å²) in [6, 6.07) is 0. The molecule has 7 nitrogen and oxygen atoms in total. The van der Waals surface area contributed by atoms with Gasteiger partial charge in [0.1, 0.15) is 18.3 Å². The van der Waals surface area contributed by atoms with Gasteiger partial charge in [0, 0.05) is 55.9 Å². The van der Waals surface area contributed by atoms with Gasteiger partial charge in [0.2, 0.25) is 0 Å². The number of rotatable bonds is 5. The minimum absolute atomic E-state index is 0. The Morgan fingerprint density at radius 2 is 1.80 bits per heavy atom. The third kappa shape index (κ3) is 6.20. The number of fused-ring (bicyclic) bond motifs is 1. The van der Waals surface area contributed by atoms with Crippen molar-refractivity contribution in [3.05, 3.63) is 0 Å². The smallest absolute Gasteiger partial charge is 0.312 e. The molecule has 0 spiro atoms. The molecule has 3 rings (SSSR count). The van der Waals surface area contributed by atoms with Gasteiger partial charge in [-0.15, -0.1) is 9.12 Å². The van der Waals surface area contributed by atoms with Crippen molar-refractivity contribution >= 4 is 15.8 Å². The van der Waals surface area contributed by atoms with E-state index in [1.54, 1.807) is 0 Å². The van der Waals surface area contributed by atoms with Crippen LogP contribution in [-0.4, -0.2) is 73.2 Å². The molecule has 0 aromatic carbocycles. The van der Waals surface area contributed by atoms with E-state index in [-0.39, 0.29) is 99.2 Å². The number of hydrogen-bond donors (Lipinski definition) is 1. The summed E-state index contributed by atoms with van der Waals surface area (Å²) in [5.41, 5.74) is 0. The molecule has 0 aliphatic carbocycles. The maximum absolute atomic E-state index is 11.0. The van der Waals surface area contributed by atoms with Gasteiger partial charge in [-0.25, -0.2) is 0 Å². The molecule has 171 valence electrons. The maximum Gasteiger partial charge on any atom is 0.312 e. The summed E-state index contributed by atoms with van der Waals surface area (Å²) in [5.74, 6) is -0.683. The Morgan fingerprint density at radius 3 is 2.40 bits per heavy atom. The van der Waals surface area contributed by atoms with Gasteiger partial charge in [0.05, 0.1) is 31.0 Å². The Morgan fingerprint density at radius 1 is 1.13 bits per heavy atom. The summed E-state index contributed by atoms with van der Waals surface area (Å²) in [6.45, 7) is 14.4. The molecule has 11 atom stereocenters. The number of aliphatic hydroxyl groups is 1. The average Bonchev–Trinajstić information content (AvgIpc) is 2.65. The fraction of sp³-hybridized carbons (Fsp3) is 1.00. The summed E-state index contributed by atoms with van der Waals surface area (Å²) in [7, 11) is 2.68. The van der Waals surface area contributed by atoms with Crippen LogP contribution in [0.3, 0.4) is 0 Å². The molecule has 0 bridgehead atoms. The van der Waals surface area contributed by atoms with Crippen LogP contribution in [0.1, 0.15) is 48.0 Å². The Hall–Kier alpha value is 1.66. The van der Waals surface area contributed by atoms with Crippen molar-refractivity contribution in [1.29, 1.82) is 0 Å². The molecule has 0 amide bonds. The Balaban J connectivity index is 0.00000320. The van der Waals surface area contributed by atoms with Gasteiger partial charge in [-0.1, -0.05) is 27.6 Å². The second-order valence-corrected chi connectivity index (χ2v) is 10.2. The minimum Gasteiger partial charge on any atom is -0.426 e. The zero-order valence-corrected chi connectivity index (χ0v) is 25.2. The molecule has 3 aliphatic heterocycles. The first-order valence-electron chi connectivity index (χ1n) is 10.9. The number of hydrogen-bond acceptors (Lipinski definition) is 7. The predicted molar refractivity (Wildman–Crippen MR) is 114 cm³/mol. The fourth-order valence-electron chi connectivity index (χ4n) is 4.54. The predicted octanol–water partition coefficient (Wildman–Crippen LogP) is 2.46. The monoisotopic (exact) mass is 659 g/mol. The molecule has 3 aliphatic rings. The zero-order valence-electron chi connectivity index (χ0n) is 19.3. The second kappa shape index (κ2) is 11.4. The second-order valence-electron chi connectivity index (χ2n) is 9.24. The first-order valence-corrected chi connectivity index (χ1v) is 11.6. The molecule has 1 N–H and O–H groups in total. The van der Waals surface area contributed by atoms with Crippen molar-refractivity contribution in [1.82, 2.24) is 0 Å². The van der Waals surface area contributed by atoms with Gasteiger partial charge < -0.3 is 33.4 Å². The Bertz CT molecular complexity index is 555. The normalized spacial score (nSPS) is 45.9. The SMILES string of the molecule is CCC1O[C@@H](C)C(C)[C@@H](OB(C)P)[C@H]1O[C@H]1O[C@H]2COC(C)(C)O[C@H]2C(C)C1O.[Ac]. The molecule has 10 heteroatoms. The summed E-state index contributed by atoms with van der Waals surface area (Å²) < 4.78 is 36.8. The number of ether oxygens (including phenoxy) is 5. The van der Waals surface area contributed by atoms with E-state index >= 15 is 0 Å². The van der Waals surface area contributed by atoms with Crippen LogP contribution >= 0.6 is 9.12 Å². The molecule has 3 saturated heterocycles. The van der Waals surface area contributed by atoms with E-state index < -0.39 is 18.2 Å². The molecule has 30 heavy (non-hydrogen) atoms. The van der Waals surface area contributed by atoms with E-state index in [2.05, 4.69) is 29.9 Å². The molecule has 1 radical (unpaired) electrons. The van der Waals surface area contributed by atoms with Crippen molar-refractivity contribution < 1.29 is 77.5 Å². The first kappa shape index (κ1) is 27.9. The van der Waals surface area contributed by atoms with Crippen molar-refractivity contribution in [3.8, 4) is 0 Å². The third-order valence-corrected chi connectivity index (χ3v) is 6.59. The summed E-state index contributed by atoms with van der Waals surface area (Å²) in [4.78, 5) is 0. The minimum atomic E-state index is -0.814. The summed E-state index contributed by atoms with van der Waals surface area (Å²) >= 11 is 0. The van der Waals surface area contributed by atoms with Crippen LogP contribution in [-0.2, 0) is 28.3 Å². The van der Waals surface area contributed by atoms with Gasteiger partial charge >= 0.3 is 6.64 Å². The molecule has 3 heterocycles. The third-order valence-electron chi connectivity index (χ3n) is 6.43. The largest absolute Gasteiger partial charge is 0.426 e. The quantitative estimate of drug-likeness (QED) is 0.360. The molecule has 0 aromatic heterocycles. The van der Waals surface area contributed by atoms with Crippen LogP contribution in [0, 0.1) is 55.9 Å². The van der Waals surface area contributed by atoms with Gasteiger partial charge in [-0.3, -0.25) is 0 Å². The summed E-state index contributed by atoms with van der Waals surface area (Å²) in [6.07, 6.45) is -1.88. The van der Waals surface area contributed by atoms with Crippen molar-refractivity contribution in [3.63, 3.8) is 0 Å². The van der Waals surface area contributed by atoms with Crippen LogP contribution in [0.5, 0.6) is 0 Å². The molecule has 0 saturated carbocycles. The topological polar surface area (TPSA) is 75.6 Å². The van der Waals surface area contributed by atoms with E-state index in [1.807, 2.05) is 27.6 Å². The van der Waals surface area contributed by atoms with Gasteiger partial charge in [-0.05, 0) is 27.2 Å². The van der Waals surface area contributed by atoms with Crippen LogP contribution in [0.4, 0.5) is 0 Å². The number of aliphatic hydroxyl groups excluding tert-OH is 1. The van der Waals surface area contributed by atoms with E-state index in [1.165, 1.54) is 0 Å². The van der Waals surface area contributed by atoms with Crippen LogP contribution in [0.25, 0.3) is 0 Å². The van der Waals surface area contributed by atoms with E-state index in [0.29, 0.717) is 6.61 Å².